The molecule has 9 heteroatoms. The van der Waals surface area contributed by atoms with Gasteiger partial charge < -0.3 is 10.0 Å². The first-order valence-corrected chi connectivity index (χ1v) is 7.14. The molecule has 1 aromatic rings. The van der Waals surface area contributed by atoms with Crippen molar-refractivity contribution < 1.29 is 24.0 Å². The summed E-state index contributed by atoms with van der Waals surface area (Å²) in [7, 11) is 0. The number of carbonyl (C=O) groups excluding carboxylic acids is 1. The molecule has 0 radical (unpaired) electrons. The molecule has 0 fully saturated rings. The topological polar surface area (TPSA) is 101 Å². The van der Waals surface area contributed by atoms with E-state index in [1.807, 2.05) is 0 Å². The van der Waals surface area contributed by atoms with Gasteiger partial charge in [0, 0.05) is 6.04 Å². The highest BCUT2D eigenvalue weighted by molar-refractivity contribution is 9.10. The third-order valence-corrected chi connectivity index (χ3v) is 3.97. The van der Waals surface area contributed by atoms with Crippen molar-refractivity contribution in [3.8, 4) is 0 Å². The average Bonchev–Trinajstić information content (AvgIpc) is 2.44. The smallest absolute Gasteiger partial charge is 0.323 e. The van der Waals surface area contributed by atoms with Crippen LogP contribution in [-0.2, 0) is 4.79 Å². The Balaban J connectivity index is 3.35. The molecule has 22 heavy (non-hydrogen) atoms. The molecule has 1 rings (SSSR count). The summed E-state index contributed by atoms with van der Waals surface area (Å²) in [5.74, 6) is -2.96. The molecule has 0 aliphatic rings. The molecule has 0 aliphatic heterocycles. The van der Waals surface area contributed by atoms with Crippen molar-refractivity contribution in [2.24, 2.45) is 0 Å². The summed E-state index contributed by atoms with van der Waals surface area (Å²) in [5, 5.41) is 19.8. The molecule has 1 aromatic carbocycles. The summed E-state index contributed by atoms with van der Waals surface area (Å²) in [6.45, 7) is 2.82. The van der Waals surface area contributed by atoms with E-state index >= 15 is 0 Å². The largest absolute Gasteiger partial charge is 0.480 e. The molecule has 0 aliphatic carbocycles. The molecule has 0 saturated heterocycles. The number of carbonyl (C=O) groups is 2. The third kappa shape index (κ3) is 4.00. The Labute approximate surface area is 134 Å². The first-order valence-electron chi connectivity index (χ1n) is 6.35. The zero-order valence-corrected chi connectivity index (χ0v) is 13.5. The van der Waals surface area contributed by atoms with Crippen molar-refractivity contribution >= 4 is 33.5 Å². The number of nitro groups is 1. The van der Waals surface area contributed by atoms with Gasteiger partial charge in [-0.1, -0.05) is 6.92 Å². The van der Waals surface area contributed by atoms with Crippen LogP contribution in [0.3, 0.4) is 0 Å². The fourth-order valence-electron chi connectivity index (χ4n) is 1.81. The van der Waals surface area contributed by atoms with Crippen molar-refractivity contribution in [1.29, 1.82) is 0 Å². The molecule has 1 atom stereocenters. The molecule has 7 nitrogen and oxygen atoms in total. The highest BCUT2D eigenvalue weighted by Crippen LogP contribution is 2.31. The van der Waals surface area contributed by atoms with Gasteiger partial charge in [0.25, 0.3) is 11.6 Å². The maximum atomic E-state index is 13.5. The van der Waals surface area contributed by atoms with Gasteiger partial charge >= 0.3 is 5.97 Å². The van der Waals surface area contributed by atoms with Crippen molar-refractivity contribution in [3.05, 3.63) is 38.1 Å². The quantitative estimate of drug-likeness (QED) is 0.607. The number of carboxylic acids is 1. The summed E-state index contributed by atoms with van der Waals surface area (Å²) < 4.78 is 13.3. The number of nitrogens with zero attached hydrogens (tertiary/aromatic N) is 2. The van der Waals surface area contributed by atoms with Gasteiger partial charge in [-0.3, -0.25) is 19.7 Å². The molecule has 1 unspecified atom stereocenters. The lowest BCUT2D eigenvalue weighted by Gasteiger charge is -2.27. The van der Waals surface area contributed by atoms with Crippen molar-refractivity contribution in [2.45, 2.75) is 26.3 Å². The minimum Gasteiger partial charge on any atom is -0.480 e. The lowest BCUT2D eigenvalue weighted by molar-refractivity contribution is -0.385. The van der Waals surface area contributed by atoms with Crippen LogP contribution in [0.25, 0.3) is 0 Å². The molecule has 1 amide bonds. The fourth-order valence-corrected chi connectivity index (χ4v) is 2.36. The zero-order chi connectivity index (χ0) is 17.0. The summed E-state index contributed by atoms with van der Waals surface area (Å²) in [5.41, 5.74) is -0.879. The Morgan fingerprint density at radius 1 is 1.50 bits per heavy atom. The second kappa shape index (κ2) is 7.30. The Bertz CT molecular complexity index is 623. The van der Waals surface area contributed by atoms with Crippen LogP contribution < -0.4 is 0 Å². The molecule has 0 heterocycles. The molecule has 0 aromatic heterocycles. The van der Waals surface area contributed by atoms with E-state index in [0.717, 1.165) is 11.0 Å². The minimum atomic E-state index is -1.23. The van der Waals surface area contributed by atoms with Gasteiger partial charge in [-0.15, -0.1) is 0 Å². The van der Waals surface area contributed by atoms with Crippen LogP contribution >= 0.6 is 15.9 Å². The van der Waals surface area contributed by atoms with Crippen LogP contribution in [0.15, 0.2) is 16.6 Å². The van der Waals surface area contributed by atoms with Crippen molar-refractivity contribution in [1.82, 2.24) is 4.90 Å². The molecule has 0 saturated carbocycles. The van der Waals surface area contributed by atoms with E-state index in [9.17, 15) is 24.1 Å². The summed E-state index contributed by atoms with van der Waals surface area (Å²) in [4.78, 5) is 34.5. The highest BCUT2D eigenvalue weighted by atomic mass is 79.9. The number of carboxylic acid groups (broad SMARTS) is 1. The minimum absolute atomic E-state index is 0.178. The number of amides is 1. The Kier molecular flexibility index (Phi) is 5.98. The normalized spacial score (nSPS) is 11.8. The first kappa shape index (κ1) is 18.0. The van der Waals surface area contributed by atoms with Crippen molar-refractivity contribution in [2.75, 3.05) is 6.54 Å². The molecular weight excluding hydrogens is 363 g/mol. The monoisotopic (exact) mass is 376 g/mol. The molecule has 0 spiro atoms. The van der Waals surface area contributed by atoms with Gasteiger partial charge in [0.2, 0.25) is 0 Å². The molecule has 1 N–H and O–H groups in total. The number of benzene rings is 1. The number of hydrogen-bond donors (Lipinski definition) is 1. The number of aliphatic carboxylic acids is 1. The highest BCUT2D eigenvalue weighted by Gasteiger charge is 2.28. The van der Waals surface area contributed by atoms with E-state index in [2.05, 4.69) is 15.9 Å². The van der Waals surface area contributed by atoms with Crippen molar-refractivity contribution in [3.63, 3.8) is 0 Å². The maximum Gasteiger partial charge on any atom is 0.323 e. The summed E-state index contributed by atoms with van der Waals surface area (Å²) in [6, 6.07) is 1.11. The van der Waals surface area contributed by atoms with Gasteiger partial charge in [-0.2, -0.15) is 0 Å². The lowest BCUT2D eigenvalue weighted by atomic mass is 10.1. The van der Waals surface area contributed by atoms with E-state index in [1.54, 1.807) is 13.8 Å². The van der Waals surface area contributed by atoms with Crippen LogP contribution in [0, 0.1) is 15.9 Å². The number of hydrogen-bond acceptors (Lipinski definition) is 4. The lowest BCUT2D eigenvalue weighted by Crippen LogP contribution is -2.42. The second-order valence-electron chi connectivity index (χ2n) is 4.63. The van der Waals surface area contributed by atoms with Crippen LogP contribution in [-0.4, -0.2) is 39.4 Å². The average molecular weight is 377 g/mol. The van der Waals surface area contributed by atoms with Crippen LogP contribution in [0.2, 0.25) is 0 Å². The maximum absolute atomic E-state index is 13.5. The van der Waals surface area contributed by atoms with Crippen LogP contribution in [0.5, 0.6) is 0 Å². The van der Waals surface area contributed by atoms with Gasteiger partial charge in [0.1, 0.15) is 16.8 Å². The predicted molar refractivity (Wildman–Crippen MR) is 79.2 cm³/mol. The van der Waals surface area contributed by atoms with Crippen LogP contribution in [0.1, 0.15) is 30.6 Å². The standard InChI is InChI=1S/C13H14BrFN2O5/c1-3-7(2)16(6-11(18)19)13(20)9-4-8(15)5-10(12(9)14)17(21)22/h4-5,7H,3,6H2,1-2H3,(H,18,19). The Morgan fingerprint density at radius 2 is 2.09 bits per heavy atom. The van der Waals surface area contributed by atoms with E-state index < -0.39 is 40.9 Å². The number of nitro benzene ring substituents is 1. The molecule has 120 valence electrons. The number of rotatable bonds is 6. The Hall–Kier alpha value is -2.03. The van der Waals surface area contributed by atoms with E-state index in [0.29, 0.717) is 12.5 Å². The Morgan fingerprint density at radius 3 is 2.55 bits per heavy atom. The fraction of sp³-hybridized carbons (Fsp3) is 0.385. The molecular formula is C13H14BrFN2O5. The van der Waals surface area contributed by atoms with Gasteiger partial charge in [0.15, 0.2) is 0 Å². The summed E-state index contributed by atoms with van der Waals surface area (Å²) >= 11 is 2.92. The third-order valence-electron chi connectivity index (χ3n) is 3.13. The van der Waals surface area contributed by atoms with E-state index in [-0.39, 0.29) is 10.0 Å². The number of halogens is 2. The van der Waals surface area contributed by atoms with E-state index in [1.165, 1.54) is 0 Å². The SMILES string of the molecule is CCC(C)N(CC(=O)O)C(=O)c1cc(F)cc([N+](=O)[O-])c1Br. The molecule has 0 bridgehead atoms. The predicted octanol–water partition coefficient (Wildman–Crippen LogP) is 2.82. The van der Waals surface area contributed by atoms with Gasteiger partial charge in [0.05, 0.1) is 16.6 Å². The second-order valence-corrected chi connectivity index (χ2v) is 5.42. The zero-order valence-electron chi connectivity index (χ0n) is 11.9. The van der Waals surface area contributed by atoms with E-state index in [4.69, 9.17) is 5.11 Å². The van der Waals surface area contributed by atoms with Crippen LogP contribution in [0.4, 0.5) is 10.1 Å². The van der Waals surface area contributed by atoms with Gasteiger partial charge in [-0.05, 0) is 35.3 Å². The van der Waals surface area contributed by atoms with Gasteiger partial charge in [-0.25, -0.2) is 4.39 Å². The summed E-state index contributed by atoms with van der Waals surface area (Å²) in [6.07, 6.45) is 0.480. The first-order chi connectivity index (χ1) is 10.2.